The lowest BCUT2D eigenvalue weighted by Crippen LogP contribution is -2.34. The van der Waals surface area contributed by atoms with Gasteiger partial charge in [-0.2, -0.15) is 0 Å². The average Bonchev–Trinajstić information content (AvgIpc) is 2.63. The average molecular weight is 311 g/mol. The van der Waals surface area contributed by atoms with E-state index in [0.29, 0.717) is 5.92 Å². The molecule has 0 spiro atoms. The van der Waals surface area contributed by atoms with Crippen molar-refractivity contribution in [3.8, 4) is 11.5 Å². The van der Waals surface area contributed by atoms with Gasteiger partial charge in [-0.3, -0.25) is 0 Å². The number of hydrogen-bond donors (Lipinski definition) is 2. The van der Waals surface area contributed by atoms with Gasteiger partial charge < -0.3 is 15.6 Å². The quantitative estimate of drug-likeness (QED) is 0.859. The molecule has 0 aliphatic heterocycles. The van der Waals surface area contributed by atoms with Crippen molar-refractivity contribution >= 4 is 0 Å². The summed E-state index contributed by atoms with van der Waals surface area (Å²) >= 11 is 0. The van der Waals surface area contributed by atoms with E-state index in [1.807, 2.05) is 54.6 Å². The van der Waals surface area contributed by atoms with Crippen molar-refractivity contribution in [2.45, 2.75) is 44.2 Å². The molecule has 0 heterocycles. The lowest BCUT2D eigenvalue weighted by atomic mass is 9.81. The van der Waals surface area contributed by atoms with Gasteiger partial charge in [-0.05, 0) is 48.6 Å². The number of aliphatic hydroxyl groups excluding tert-OH is 1. The third-order valence-electron chi connectivity index (χ3n) is 4.74. The van der Waals surface area contributed by atoms with Gasteiger partial charge in [0.1, 0.15) is 11.5 Å². The van der Waals surface area contributed by atoms with Crippen LogP contribution in [0.4, 0.5) is 0 Å². The van der Waals surface area contributed by atoms with Crippen LogP contribution in [0, 0.1) is 5.92 Å². The monoisotopic (exact) mass is 311 g/mol. The van der Waals surface area contributed by atoms with Crippen LogP contribution in [0.15, 0.2) is 54.6 Å². The molecule has 1 fully saturated rings. The number of rotatable bonds is 5. The van der Waals surface area contributed by atoms with E-state index in [1.165, 1.54) is 19.3 Å². The summed E-state index contributed by atoms with van der Waals surface area (Å²) in [6.45, 7) is 0. The normalized spacial score (nSPS) is 18.3. The second kappa shape index (κ2) is 7.62. The molecule has 2 aromatic rings. The molecule has 2 atom stereocenters. The Bertz CT molecular complexity index is 591. The summed E-state index contributed by atoms with van der Waals surface area (Å²) in [7, 11) is 0. The van der Waals surface area contributed by atoms with Crippen molar-refractivity contribution in [2.24, 2.45) is 11.7 Å². The highest BCUT2D eigenvalue weighted by atomic mass is 16.5. The summed E-state index contributed by atoms with van der Waals surface area (Å²) in [5.41, 5.74) is 7.24. The SMILES string of the molecule is N[C@H](c1ccc(Oc2ccccc2)cc1)[C@@H](O)C1CCCCC1. The predicted octanol–water partition coefficient (Wildman–Crippen LogP) is 4.42. The maximum absolute atomic E-state index is 10.5. The molecule has 23 heavy (non-hydrogen) atoms. The van der Waals surface area contributed by atoms with Crippen LogP contribution in [-0.2, 0) is 0 Å². The molecule has 0 aromatic heterocycles. The van der Waals surface area contributed by atoms with Crippen molar-refractivity contribution in [1.82, 2.24) is 0 Å². The molecule has 0 amide bonds. The summed E-state index contributed by atoms with van der Waals surface area (Å²) in [5.74, 6) is 1.92. The predicted molar refractivity (Wildman–Crippen MR) is 92.5 cm³/mol. The molecule has 1 saturated carbocycles. The second-order valence-corrected chi connectivity index (χ2v) is 6.40. The van der Waals surface area contributed by atoms with Gasteiger partial charge in [0.05, 0.1) is 12.1 Å². The summed E-state index contributed by atoms with van der Waals surface area (Å²) in [4.78, 5) is 0. The van der Waals surface area contributed by atoms with Gasteiger partial charge in [0.25, 0.3) is 0 Å². The fourth-order valence-corrected chi connectivity index (χ4v) is 3.35. The van der Waals surface area contributed by atoms with Crippen LogP contribution in [0.25, 0.3) is 0 Å². The Hall–Kier alpha value is -1.84. The van der Waals surface area contributed by atoms with Crippen LogP contribution in [-0.4, -0.2) is 11.2 Å². The van der Waals surface area contributed by atoms with Crippen molar-refractivity contribution in [2.75, 3.05) is 0 Å². The first-order valence-electron chi connectivity index (χ1n) is 8.50. The van der Waals surface area contributed by atoms with E-state index >= 15 is 0 Å². The van der Waals surface area contributed by atoms with Crippen LogP contribution in [0.5, 0.6) is 11.5 Å². The van der Waals surface area contributed by atoms with Crippen LogP contribution in [0.2, 0.25) is 0 Å². The van der Waals surface area contributed by atoms with Crippen molar-refractivity contribution in [1.29, 1.82) is 0 Å². The number of hydrogen-bond acceptors (Lipinski definition) is 3. The van der Waals surface area contributed by atoms with E-state index in [1.54, 1.807) is 0 Å². The molecule has 0 unspecified atom stereocenters. The fourth-order valence-electron chi connectivity index (χ4n) is 3.35. The number of para-hydroxylation sites is 1. The number of benzene rings is 2. The van der Waals surface area contributed by atoms with Crippen molar-refractivity contribution in [3.63, 3.8) is 0 Å². The summed E-state index contributed by atoms with van der Waals surface area (Å²) in [6.07, 6.45) is 5.41. The maximum Gasteiger partial charge on any atom is 0.127 e. The summed E-state index contributed by atoms with van der Waals surface area (Å²) in [5, 5.41) is 10.5. The fraction of sp³-hybridized carbons (Fsp3) is 0.400. The zero-order valence-corrected chi connectivity index (χ0v) is 13.4. The standard InChI is InChI=1S/C20H25NO2/c21-19(20(22)16-7-3-1-4-8-16)15-11-13-18(14-12-15)23-17-9-5-2-6-10-17/h2,5-6,9-14,16,19-20,22H,1,3-4,7-8,21H2/t19-,20+/m1/s1. The zero-order chi connectivity index (χ0) is 16.1. The first-order chi connectivity index (χ1) is 11.2. The third-order valence-corrected chi connectivity index (χ3v) is 4.74. The van der Waals surface area contributed by atoms with Gasteiger partial charge >= 0.3 is 0 Å². The molecule has 0 saturated heterocycles. The van der Waals surface area contributed by atoms with Crippen LogP contribution in [0.1, 0.15) is 43.7 Å². The topological polar surface area (TPSA) is 55.5 Å². The molecule has 122 valence electrons. The summed E-state index contributed by atoms with van der Waals surface area (Å²) in [6, 6.07) is 17.1. The first kappa shape index (κ1) is 16.0. The largest absolute Gasteiger partial charge is 0.457 e. The minimum Gasteiger partial charge on any atom is -0.457 e. The Morgan fingerprint density at radius 3 is 2.13 bits per heavy atom. The van der Waals surface area contributed by atoms with Crippen molar-refractivity contribution in [3.05, 3.63) is 60.2 Å². The van der Waals surface area contributed by atoms with E-state index in [2.05, 4.69) is 0 Å². The minimum absolute atomic E-state index is 0.330. The lowest BCUT2D eigenvalue weighted by molar-refractivity contribution is 0.0618. The van der Waals surface area contributed by atoms with E-state index < -0.39 is 6.10 Å². The Morgan fingerprint density at radius 1 is 0.870 bits per heavy atom. The van der Waals surface area contributed by atoms with Crippen molar-refractivity contribution < 1.29 is 9.84 Å². The lowest BCUT2D eigenvalue weighted by Gasteiger charge is -2.30. The molecule has 3 heteroatoms. The highest BCUT2D eigenvalue weighted by Gasteiger charge is 2.27. The third kappa shape index (κ3) is 4.12. The molecule has 3 rings (SSSR count). The van der Waals surface area contributed by atoms with E-state index in [0.717, 1.165) is 29.9 Å². The van der Waals surface area contributed by atoms with Crippen LogP contribution < -0.4 is 10.5 Å². The molecule has 1 aliphatic rings. The first-order valence-corrected chi connectivity index (χ1v) is 8.50. The molecule has 2 aromatic carbocycles. The Labute approximate surface area is 138 Å². The summed E-state index contributed by atoms with van der Waals surface area (Å²) < 4.78 is 5.79. The van der Waals surface area contributed by atoms with Gasteiger partial charge in [-0.1, -0.05) is 49.6 Å². The van der Waals surface area contributed by atoms with E-state index in [-0.39, 0.29) is 6.04 Å². The number of ether oxygens (including phenoxy) is 1. The molecular formula is C20H25NO2. The molecule has 0 bridgehead atoms. The van der Waals surface area contributed by atoms with Crippen LogP contribution in [0.3, 0.4) is 0 Å². The molecule has 0 radical (unpaired) electrons. The van der Waals surface area contributed by atoms with Gasteiger partial charge in [0.2, 0.25) is 0 Å². The van der Waals surface area contributed by atoms with Crippen LogP contribution >= 0.6 is 0 Å². The van der Waals surface area contributed by atoms with E-state index in [4.69, 9.17) is 10.5 Å². The molecule has 3 nitrogen and oxygen atoms in total. The van der Waals surface area contributed by atoms with Gasteiger partial charge in [0.15, 0.2) is 0 Å². The maximum atomic E-state index is 10.5. The van der Waals surface area contributed by atoms with Gasteiger partial charge in [-0.15, -0.1) is 0 Å². The second-order valence-electron chi connectivity index (χ2n) is 6.40. The smallest absolute Gasteiger partial charge is 0.127 e. The Kier molecular flexibility index (Phi) is 5.31. The number of nitrogens with two attached hydrogens (primary N) is 1. The molecular weight excluding hydrogens is 286 g/mol. The zero-order valence-electron chi connectivity index (χ0n) is 13.4. The number of aliphatic hydroxyl groups is 1. The minimum atomic E-state index is -0.462. The molecule has 1 aliphatic carbocycles. The Balaban J connectivity index is 1.64. The van der Waals surface area contributed by atoms with E-state index in [9.17, 15) is 5.11 Å². The van der Waals surface area contributed by atoms with Gasteiger partial charge in [0, 0.05) is 0 Å². The Morgan fingerprint density at radius 2 is 1.48 bits per heavy atom. The van der Waals surface area contributed by atoms with Gasteiger partial charge in [-0.25, -0.2) is 0 Å². The highest BCUT2D eigenvalue weighted by molar-refractivity contribution is 5.34. The highest BCUT2D eigenvalue weighted by Crippen LogP contribution is 2.32. The molecule has 3 N–H and O–H groups in total.